The number of hydrogen-bond acceptors (Lipinski definition) is 7. The topological polar surface area (TPSA) is 119 Å². The summed E-state index contributed by atoms with van der Waals surface area (Å²) in [5.41, 5.74) is 4.59. The maximum atomic E-state index is 14.3. The molecule has 2 aromatic heterocycles. The van der Waals surface area contributed by atoms with Crippen LogP contribution in [0.4, 0.5) is 10.6 Å². The average molecular weight is 630 g/mol. The second kappa shape index (κ2) is 14.7. The van der Waals surface area contributed by atoms with Crippen molar-refractivity contribution in [2.24, 2.45) is 11.8 Å². The van der Waals surface area contributed by atoms with Gasteiger partial charge in [-0.15, -0.1) is 0 Å². The second-order valence-corrected chi connectivity index (χ2v) is 13.3. The Labute approximate surface area is 271 Å². The Bertz CT molecular complexity index is 1490. The van der Waals surface area contributed by atoms with Crippen LogP contribution < -0.4 is 15.0 Å². The Morgan fingerprint density at radius 3 is 2.48 bits per heavy atom. The molecular weight excluding hydrogens is 582 g/mol. The summed E-state index contributed by atoms with van der Waals surface area (Å²) in [7, 11) is 1.71. The Kier molecular flexibility index (Phi) is 10.2. The van der Waals surface area contributed by atoms with E-state index in [1.807, 2.05) is 27.9 Å². The molecule has 3 aliphatic carbocycles. The largest absolute Gasteiger partial charge is 0.496 e. The van der Waals surface area contributed by atoms with E-state index >= 15 is 0 Å². The zero-order valence-corrected chi connectivity index (χ0v) is 27.1. The number of rotatable bonds is 11. The van der Waals surface area contributed by atoms with Gasteiger partial charge >= 0.3 is 6.09 Å². The number of anilines is 1. The van der Waals surface area contributed by atoms with E-state index in [2.05, 4.69) is 41.7 Å². The van der Waals surface area contributed by atoms with Crippen LogP contribution in [0.15, 0.2) is 48.9 Å². The van der Waals surface area contributed by atoms with Gasteiger partial charge in [-0.25, -0.2) is 9.78 Å². The molecule has 0 saturated heterocycles. The molecule has 3 aliphatic rings. The zero-order chi connectivity index (χ0) is 32.0. The number of aliphatic hydroxyl groups is 1. The van der Waals surface area contributed by atoms with Gasteiger partial charge < -0.3 is 19.9 Å². The van der Waals surface area contributed by atoms with E-state index in [1.165, 1.54) is 24.0 Å². The summed E-state index contributed by atoms with van der Waals surface area (Å²) in [4.78, 5) is 33.0. The number of pyridine rings is 1. The van der Waals surface area contributed by atoms with Crippen molar-refractivity contribution in [3.8, 4) is 16.9 Å². The minimum atomic E-state index is -0.517. The Morgan fingerprint density at radius 1 is 1.00 bits per heavy atom. The molecule has 0 unspecified atom stereocenters. The number of carbonyl (C=O) groups is 2. The minimum absolute atomic E-state index is 0.106. The van der Waals surface area contributed by atoms with Crippen molar-refractivity contribution in [3.05, 3.63) is 60.0 Å². The van der Waals surface area contributed by atoms with E-state index in [4.69, 9.17) is 19.6 Å². The number of nitrogens with zero attached hydrogens (tertiary/aromatic N) is 4. The molecule has 0 aliphatic heterocycles. The molecule has 2 heterocycles. The number of carbonyl (C=O) groups excluding carboxylic acids is 2. The molecule has 0 spiro atoms. The molecule has 0 atom stereocenters. The predicted octanol–water partition coefficient (Wildman–Crippen LogP) is 6.18. The van der Waals surface area contributed by atoms with Crippen LogP contribution in [0.1, 0.15) is 87.3 Å². The molecule has 3 aromatic rings. The first-order chi connectivity index (χ1) is 22.4. The van der Waals surface area contributed by atoms with Crippen molar-refractivity contribution in [1.29, 1.82) is 0 Å². The van der Waals surface area contributed by atoms with Crippen molar-refractivity contribution < 1.29 is 24.2 Å². The second-order valence-electron chi connectivity index (χ2n) is 13.3. The van der Waals surface area contributed by atoms with Crippen LogP contribution in [-0.4, -0.2) is 64.8 Å². The summed E-state index contributed by atoms with van der Waals surface area (Å²) < 4.78 is 13.0. The first-order valence-corrected chi connectivity index (χ1v) is 16.9. The normalized spacial score (nSPS) is 23.0. The van der Waals surface area contributed by atoms with Gasteiger partial charge in [-0.3, -0.25) is 14.4 Å². The number of aryl methyl sites for hydroxylation is 1. The SMILES string of the molecule is COc1ccc([C@H]2CC[C@H](CN(c3cc(-c4cnn(C5CC5)c4)ccn3)C(=O)[C@H]3CC[C@H](OC(=O)NCCO)CC3)CC2)cc1C. The monoisotopic (exact) mass is 629 g/mol. The van der Waals surface area contributed by atoms with E-state index in [-0.39, 0.29) is 31.1 Å². The summed E-state index contributed by atoms with van der Waals surface area (Å²) in [6.45, 7) is 2.77. The van der Waals surface area contributed by atoms with Crippen molar-refractivity contribution in [2.75, 3.05) is 31.7 Å². The first-order valence-electron chi connectivity index (χ1n) is 16.9. The van der Waals surface area contributed by atoms with E-state index in [1.54, 1.807) is 13.3 Å². The zero-order valence-electron chi connectivity index (χ0n) is 27.1. The maximum absolute atomic E-state index is 14.3. The van der Waals surface area contributed by atoms with Gasteiger partial charge in [0.1, 0.15) is 17.7 Å². The molecule has 6 rings (SSSR count). The van der Waals surface area contributed by atoms with E-state index in [9.17, 15) is 9.59 Å². The van der Waals surface area contributed by atoms with Crippen molar-refractivity contribution >= 4 is 17.8 Å². The van der Waals surface area contributed by atoms with E-state index in [0.29, 0.717) is 55.9 Å². The number of aromatic nitrogens is 3. The van der Waals surface area contributed by atoms with Crippen LogP contribution >= 0.6 is 0 Å². The molecule has 0 bridgehead atoms. The molecular formula is C36H47N5O5. The molecule has 46 heavy (non-hydrogen) atoms. The molecule has 10 nitrogen and oxygen atoms in total. The third kappa shape index (κ3) is 7.71. The standard InChI is InChI=1S/C36H47N5O5/c1-24-19-28(9-14-33(24)45-2)26-5-3-25(4-6-26)22-40(35(43)27-7-12-32(13-8-27)46-36(44)38-17-18-42)34-20-29(15-16-37-34)30-21-39-41(23-30)31-10-11-31/h9,14-16,19-21,23,25-27,31-32,42H,3-8,10-13,17-18,22H2,1-2H3,(H,38,44)/t25-,26-,27-,32-. The molecule has 246 valence electrons. The van der Waals surface area contributed by atoms with Crippen LogP contribution in [0.2, 0.25) is 0 Å². The van der Waals surface area contributed by atoms with Crippen molar-refractivity contribution in [3.63, 3.8) is 0 Å². The smallest absolute Gasteiger partial charge is 0.407 e. The summed E-state index contributed by atoms with van der Waals surface area (Å²) in [5, 5.41) is 16.1. The maximum Gasteiger partial charge on any atom is 0.407 e. The van der Waals surface area contributed by atoms with Gasteiger partial charge in [0.25, 0.3) is 0 Å². The van der Waals surface area contributed by atoms with Gasteiger partial charge in [0, 0.05) is 37.0 Å². The summed E-state index contributed by atoms with van der Waals surface area (Å²) in [5.74, 6) is 2.47. The fraction of sp³-hybridized carbons (Fsp3) is 0.556. The Hall–Kier alpha value is -3.92. The fourth-order valence-electron chi connectivity index (χ4n) is 7.16. The number of alkyl carbamates (subject to hydrolysis) is 1. The Morgan fingerprint density at radius 2 is 1.78 bits per heavy atom. The number of aliphatic hydroxyl groups excluding tert-OH is 1. The van der Waals surface area contributed by atoms with Gasteiger partial charge in [-0.1, -0.05) is 12.1 Å². The molecule has 3 fully saturated rings. The van der Waals surface area contributed by atoms with Crippen molar-refractivity contribution in [2.45, 2.75) is 89.2 Å². The summed E-state index contributed by atoms with van der Waals surface area (Å²) in [6, 6.07) is 11.1. The third-order valence-electron chi connectivity index (χ3n) is 10.0. The van der Waals surface area contributed by atoms with Gasteiger partial charge in [0.2, 0.25) is 5.91 Å². The number of amides is 2. The fourth-order valence-corrected chi connectivity index (χ4v) is 7.16. The van der Waals surface area contributed by atoms with Gasteiger partial charge in [-0.05, 0) is 118 Å². The molecule has 0 radical (unpaired) electrons. The molecule has 2 amide bonds. The van der Waals surface area contributed by atoms with E-state index < -0.39 is 6.09 Å². The molecule has 10 heteroatoms. The quantitative estimate of drug-likeness (QED) is 0.260. The van der Waals surface area contributed by atoms with Crippen LogP contribution in [-0.2, 0) is 9.53 Å². The highest BCUT2D eigenvalue weighted by molar-refractivity contribution is 5.94. The minimum Gasteiger partial charge on any atom is -0.496 e. The number of methoxy groups -OCH3 is 1. The highest BCUT2D eigenvalue weighted by Crippen LogP contribution is 2.39. The van der Waals surface area contributed by atoms with E-state index in [0.717, 1.165) is 42.6 Å². The predicted molar refractivity (Wildman–Crippen MR) is 176 cm³/mol. The lowest BCUT2D eigenvalue weighted by molar-refractivity contribution is -0.124. The third-order valence-corrected chi connectivity index (χ3v) is 10.0. The van der Waals surface area contributed by atoms with Gasteiger partial charge in [0.05, 0.1) is 26.0 Å². The lowest BCUT2D eigenvalue weighted by Gasteiger charge is -2.35. The molecule has 3 saturated carbocycles. The average Bonchev–Trinajstić information content (AvgIpc) is 3.82. The number of ether oxygens (including phenoxy) is 2. The van der Waals surface area contributed by atoms with Crippen LogP contribution in [0.5, 0.6) is 5.75 Å². The molecule has 1 aromatic carbocycles. The lowest BCUT2D eigenvalue weighted by Crippen LogP contribution is -2.42. The van der Waals surface area contributed by atoms with Gasteiger partial charge in [0.15, 0.2) is 0 Å². The first kappa shape index (κ1) is 32.0. The number of nitrogens with one attached hydrogen (secondary N) is 1. The Balaban J connectivity index is 1.15. The van der Waals surface area contributed by atoms with Crippen LogP contribution in [0.25, 0.3) is 11.1 Å². The van der Waals surface area contributed by atoms with Crippen molar-refractivity contribution in [1.82, 2.24) is 20.1 Å². The highest BCUT2D eigenvalue weighted by atomic mass is 16.6. The van der Waals surface area contributed by atoms with Crippen LogP contribution in [0.3, 0.4) is 0 Å². The highest BCUT2D eigenvalue weighted by Gasteiger charge is 2.34. The number of benzene rings is 1. The summed E-state index contributed by atoms with van der Waals surface area (Å²) in [6.07, 6.45) is 14.3. The summed E-state index contributed by atoms with van der Waals surface area (Å²) >= 11 is 0. The van der Waals surface area contributed by atoms with Crippen LogP contribution in [0, 0.1) is 18.8 Å². The van der Waals surface area contributed by atoms with Gasteiger partial charge in [-0.2, -0.15) is 5.10 Å². The molecule has 2 N–H and O–H groups in total. The lowest BCUT2D eigenvalue weighted by atomic mass is 9.78. The number of hydrogen-bond donors (Lipinski definition) is 2.